The number of hydrogen-bond acceptors (Lipinski definition) is 6. The van der Waals surface area contributed by atoms with Crippen LogP contribution in [0.25, 0.3) is 0 Å². The molecule has 9 nitrogen and oxygen atoms in total. The quantitative estimate of drug-likeness (QED) is 0.186. The molecule has 3 aliphatic heterocycles. The summed E-state index contributed by atoms with van der Waals surface area (Å²) in [6.07, 6.45) is 7.19. The second-order valence-corrected chi connectivity index (χ2v) is 13.9. The van der Waals surface area contributed by atoms with Gasteiger partial charge in [-0.15, -0.1) is 13.2 Å². The van der Waals surface area contributed by atoms with Gasteiger partial charge in [0.2, 0.25) is 17.7 Å². The number of unbranched alkanes of at least 4 members (excludes halogenated alkanes) is 2. The van der Waals surface area contributed by atoms with Gasteiger partial charge in [-0.05, 0) is 69.2 Å². The van der Waals surface area contributed by atoms with Crippen molar-refractivity contribution < 1.29 is 29.0 Å². The molecule has 1 N–H and O–H groups in total. The summed E-state index contributed by atoms with van der Waals surface area (Å²) >= 11 is 0. The van der Waals surface area contributed by atoms with Crippen LogP contribution in [0.4, 0.5) is 5.69 Å². The topological polar surface area (TPSA) is 99.6 Å². The molecule has 3 saturated heterocycles. The van der Waals surface area contributed by atoms with Crippen LogP contribution in [-0.4, -0.2) is 88.8 Å². The zero-order chi connectivity index (χ0) is 33.8. The minimum Gasteiger partial charge on any atom is -0.494 e. The highest BCUT2D eigenvalue weighted by atomic mass is 16.5. The maximum Gasteiger partial charge on any atom is 0.248 e. The van der Waals surface area contributed by atoms with E-state index in [0.29, 0.717) is 44.0 Å². The Hall–Kier alpha value is -3.17. The van der Waals surface area contributed by atoms with E-state index in [9.17, 15) is 19.5 Å². The third-order valence-electron chi connectivity index (χ3n) is 10.3. The number of likely N-dealkylation sites (tertiary alicyclic amines) is 1. The second kappa shape index (κ2) is 14.7. The minimum absolute atomic E-state index is 0.0997. The van der Waals surface area contributed by atoms with E-state index < -0.39 is 35.1 Å². The molecule has 4 rings (SSSR count). The lowest BCUT2D eigenvalue weighted by Gasteiger charge is -2.40. The lowest BCUT2D eigenvalue weighted by molar-refractivity contribution is -0.155. The van der Waals surface area contributed by atoms with Gasteiger partial charge in [-0.1, -0.05) is 52.7 Å². The lowest BCUT2D eigenvalue weighted by Crippen LogP contribution is -2.59. The van der Waals surface area contributed by atoms with Gasteiger partial charge >= 0.3 is 0 Å². The van der Waals surface area contributed by atoms with Crippen LogP contribution < -0.4 is 9.64 Å². The first kappa shape index (κ1) is 35.7. The maximum absolute atomic E-state index is 14.8. The van der Waals surface area contributed by atoms with Gasteiger partial charge in [0.25, 0.3) is 0 Å². The van der Waals surface area contributed by atoms with Crippen molar-refractivity contribution in [1.29, 1.82) is 0 Å². The molecule has 1 aromatic carbocycles. The molecule has 3 unspecified atom stereocenters. The summed E-state index contributed by atoms with van der Waals surface area (Å²) in [7, 11) is 0. The number of benzene rings is 1. The number of anilines is 1. The van der Waals surface area contributed by atoms with E-state index >= 15 is 0 Å². The van der Waals surface area contributed by atoms with Crippen LogP contribution in [0.5, 0.6) is 5.75 Å². The molecule has 1 spiro atoms. The van der Waals surface area contributed by atoms with Gasteiger partial charge in [0, 0.05) is 25.3 Å². The van der Waals surface area contributed by atoms with Crippen molar-refractivity contribution in [2.75, 3.05) is 37.7 Å². The molecule has 1 aromatic rings. The summed E-state index contributed by atoms with van der Waals surface area (Å²) in [4.78, 5) is 49.5. The fourth-order valence-electron chi connectivity index (χ4n) is 8.23. The Balaban J connectivity index is 1.83. The summed E-state index contributed by atoms with van der Waals surface area (Å²) in [6.45, 7) is 21.3. The maximum atomic E-state index is 14.8. The second-order valence-electron chi connectivity index (χ2n) is 13.9. The smallest absolute Gasteiger partial charge is 0.248 e. The zero-order valence-corrected chi connectivity index (χ0v) is 28.7. The Morgan fingerprint density at radius 2 is 1.80 bits per heavy atom. The summed E-state index contributed by atoms with van der Waals surface area (Å²) in [5, 5.41) is 10.7. The Morgan fingerprint density at radius 1 is 1.13 bits per heavy atom. The molecule has 0 radical (unpaired) electrons. The monoisotopic (exact) mass is 637 g/mol. The number of carbonyl (C=O) groups is 3. The number of aliphatic hydroxyl groups excluding tert-OH is 1. The SMILES string of the molecule is C=CCN(CCCCC)C(=O)C1N([C@@H](CO)CC(C)C)C(=O)[C@@H]2[C@@H](C(=O)N(CC=C)c3ccc(OCC)cc3)[C@]3(C)OC12CC3C. The van der Waals surface area contributed by atoms with Gasteiger partial charge < -0.3 is 29.3 Å². The van der Waals surface area contributed by atoms with Crippen LogP contribution in [0.3, 0.4) is 0 Å². The van der Waals surface area contributed by atoms with E-state index in [-0.39, 0.29) is 42.7 Å². The molecular formula is C37H55N3O6. The number of ether oxygens (including phenoxy) is 2. The molecule has 254 valence electrons. The van der Waals surface area contributed by atoms with E-state index in [0.717, 1.165) is 19.3 Å². The number of rotatable bonds is 17. The molecule has 3 aliphatic rings. The molecule has 46 heavy (non-hydrogen) atoms. The molecule has 3 amide bonds. The number of nitrogens with zero attached hydrogens (tertiary/aromatic N) is 3. The number of hydrogen-bond donors (Lipinski definition) is 1. The lowest BCUT2D eigenvalue weighted by atomic mass is 9.62. The van der Waals surface area contributed by atoms with Crippen molar-refractivity contribution in [2.24, 2.45) is 23.7 Å². The molecular weight excluding hydrogens is 582 g/mol. The van der Waals surface area contributed by atoms with Gasteiger partial charge in [-0.3, -0.25) is 14.4 Å². The third-order valence-corrected chi connectivity index (χ3v) is 10.3. The highest BCUT2D eigenvalue weighted by Crippen LogP contribution is 2.66. The summed E-state index contributed by atoms with van der Waals surface area (Å²) in [6, 6.07) is 5.79. The average molecular weight is 638 g/mol. The van der Waals surface area contributed by atoms with Crippen LogP contribution in [0.1, 0.15) is 73.6 Å². The third kappa shape index (κ3) is 6.25. The first-order chi connectivity index (χ1) is 21.9. The van der Waals surface area contributed by atoms with Crippen molar-refractivity contribution in [1.82, 2.24) is 9.80 Å². The number of amides is 3. The van der Waals surface area contributed by atoms with Gasteiger partial charge in [0.05, 0.1) is 36.7 Å². The van der Waals surface area contributed by atoms with Crippen LogP contribution in [0.15, 0.2) is 49.6 Å². The van der Waals surface area contributed by atoms with Gasteiger partial charge in [0.1, 0.15) is 17.4 Å². The average Bonchev–Trinajstić information content (AvgIpc) is 3.54. The van der Waals surface area contributed by atoms with Crippen molar-refractivity contribution >= 4 is 23.4 Å². The Bertz CT molecular complexity index is 1270. The zero-order valence-electron chi connectivity index (χ0n) is 28.7. The van der Waals surface area contributed by atoms with Crippen LogP contribution >= 0.6 is 0 Å². The first-order valence-electron chi connectivity index (χ1n) is 17.1. The number of aliphatic hydroxyl groups is 1. The Kier molecular flexibility index (Phi) is 11.4. The highest BCUT2D eigenvalue weighted by molar-refractivity contribution is 6.03. The Morgan fingerprint density at radius 3 is 2.37 bits per heavy atom. The molecule has 0 aromatic heterocycles. The molecule has 3 fully saturated rings. The van der Waals surface area contributed by atoms with Crippen molar-refractivity contribution in [2.45, 2.75) is 96.9 Å². The van der Waals surface area contributed by atoms with Gasteiger partial charge in [0.15, 0.2) is 0 Å². The van der Waals surface area contributed by atoms with E-state index in [1.165, 1.54) is 0 Å². The largest absolute Gasteiger partial charge is 0.494 e. The van der Waals surface area contributed by atoms with Crippen molar-refractivity contribution in [3.05, 3.63) is 49.6 Å². The molecule has 9 heteroatoms. The van der Waals surface area contributed by atoms with Gasteiger partial charge in [-0.25, -0.2) is 0 Å². The van der Waals surface area contributed by atoms with E-state index in [4.69, 9.17) is 9.47 Å². The van der Waals surface area contributed by atoms with Gasteiger partial charge in [-0.2, -0.15) is 0 Å². The van der Waals surface area contributed by atoms with Crippen LogP contribution in [0.2, 0.25) is 0 Å². The summed E-state index contributed by atoms with van der Waals surface area (Å²) in [5.41, 5.74) is -1.50. The molecule has 3 heterocycles. The van der Waals surface area contributed by atoms with Crippen molar-refractivity contribution in [3.8, 4) is 5.75 Å². The fourth-order valence-corrected chi connectivity index (χ4v) is 8.23. The number of fused-ring (bicyclic) bond motifs is 1. The standard InChI is InChI=1S/C37H55N3O6/c1-9-13-14-21-38(19-10-2)35(44)32-37-23-26(7)36(8,46-37)30(31(37)34(43)40(32)28(24-41)22-25(5)6)33(42)39(20-11-3)27-15-17-29(18-16-27)45-12-4/h10-11,15-18,25-26,28,30-32,41H,2-3,9,12-14,19-24H2,1,4-8H3/t26?,28-,30+,31+,32?,36-,37?/m1/s1. The first-order valence-corrected chi connectivity index (χ1v) is 17.1. The number of carbonyl (C=O) groups excluding carboxylic acids is 3. The van der Waals surface area contributed by atoms with Crippen LogP contribution in [0, 0.1) is 23.7 Å². The molecule has 7 atom stereocenters. The minimum atomic E-state index is -1.20. The van der Waals surface area contributed by atoms with Crippen LogP contribution in [-0.2, 0) is 19.1 Å². The van der Waals surface area contributed by atoms with E-state index in [1.54, 1.807) is 26.9 Å². The predicted octanol–water partition coefficient (Wildman–Crippen LogP) is 5.23. The molecule has 2 bridgehead atoms. The summed E-state index contributed by atoms with van der Waals surface area (Å²) < 4.78 is 12.6. The van der Waals surface area contributed by atoms with Crippen molar-refractivity contribution in [3.63, 3.8) is 0 Å². The van der Waals surface area contributed by atoms with E-state index in [2.05, 4.69) is 27.0 Å². The van der Waals surface area contributed by atoms with E-state index in [1.807, 2.05) is 52.0 Å². The summed E-state index contributed by atoms with van der Waals surface area (Å²) in [5.74, 6) is -1.65. The normalized spacial score (nSPS) is 28.7. The highest BCUT2D eigenvalue weighted by Gasteiger charge is 2.80. The molecule has 0 saturated carbocycles. The fraction of sp³-hybridized carbons (Fsp3) is 0.649. The predicted molar refractivity (Wildman–Crippen MR) is 180 cm³/mol. The molecule has 0 aliphatic carbocycles. The Labute approximate surface area is 275 Å².